The molecule has 0 bridgehead atoms. The first-order chi connectivity index (χ1) is 23.2. The van der Waals surface area contributed by atoms with Crippen LogP contribution in [0.1, 0.15) is 13.8 Å². The fourth-order valence-electron chi connectivity index (χ4n) is 4.33. The van der Waals surface area contributed by atoms with Gasteiger partial charge in [-0.1, -0.05) is 0 Å². The van der Waals surface area contributed by atoms with Gasteiger partial charge in [-0.3, -0.25) is 0 Å². The number of methoxy groups -OCH3 is 1. The molecule has 1 heterocycles. The van der Waals surface area contributed by atoms with Crippen LogP contribution in [0.3, 0.4) is 0 Å². The molecule has 254 valence electrons. The van der Waals surface area contributed by atoms with Crippen molar-refractivity contribution in [3.8, 4) is 39.2 Å². The summed E-state index contributed by atoms with van der Waals surface area (Å²) in [6.07, 6.45) is -5.12. The van der Waals surface area contributed by atoms with Crippen LogP contribution in [0.25, 0.3) is 21.2 Å². The van der Waals surface area contributed by atoms with Crippen LogP contribution < -0.4 is 18.9 Å². The molecule has 1 aromatic heterocycles. The number of carbonyl (C=O) groups is 1. The number of rotatable bonds is 15. The standard InChI is InChI=1S/C35H32F3IO8S/c1-4-42-21-44-27-14-16-28(17-15-27)46-33-32(30-19-18-29(20-31(30)48-33)45-22-43-5-2)23-6-8-24(9-7-23)39(47-34(40)35(36,37)38)25-10-12-26(41-3)13-11-25/h6-20H,4-5,21-22H2,1-3H3. The van der Waals surface area contributed by atoms with Gasteiger partial charge in [-0.05, 0) is 13.8 Å². The van der Waals surface area contributed by atoms with Crippen LogP contribution >= 0.6 is 31.6 Å². The van der Waals surface area contributed by atoms with E-state index in [0.717, 1.165) is 21.2 Å². The Morgan fingerprint density at radius 3 is 1.85 bits per heavy atom. The molecular weight excluding hydrogens is 764 g/mol. The van der Waals surface area contributed by atoms with Gasteiger partial charge in [0.05, 0.1) is 0 Å². The fraction of sp³-hybridized carbons (Fsp3) is 0.229. The van der Waals surface area contributed by atoms with Gasteiger partial charge in [-0.2, -0.15) is 0 Å². The van der Waals surface area contributed by atoms with E-state index in [1.807, 2.05) is 32.0 Å². The second kappa shape index (κ2) is 16.4. The summed E-state index contributed by atoms with van der Waals surface area (Å²) in [6.45, 7) is 5.08. The minimum atomic E-state index is -5.12. The topological polar surface area (TPSA) is 81.7 Å². The Bertz CT molecular complexity index is 1790. The van der Waals surface area contributed by atoms with Crippen molar-refractivity contribution in [2.75, 3.05) is 33.9 Å². The first-order valence-corrected chi connectivity index (χ1v) is 18.5. The molecule has 4 aromatic carbocycles. The zero-order valence-electron chi connectivity index (χ0n) is 26.2. The predicted molar refractivity (Wildman–Crippen MR) is 185 cm³/mol. The molecule has 0 radical (unpaired) electrons. The second-order valence-electron chi connectivity index (χ2n) is 9.78. The van der Waals surface area contributed by atoms with Crippen molar-refractivity contribution in [3.63, 3.8) is 0 Å². The Labute approximate surface area is 287 Å². The number of alkyl halides is 3. The van der Waals surface area contributed by atoms with Crippen molar-refractivity contribution in [3.05, 3.63) is 98.1 Å². The molecule has 0 spiro atoms. The molecule has 48 heavy (non-hydrogen) atoms. The van der Waals surface area contributed by atoms with Crippen LogP contribution in [0.4, 0.5) is 13.2 Å². The van der Waals surface area contributed by atoms with Gasteiger partial charge in [0.1, 0.15) is 0 Å². The van der Waals surface area contributed by atoms with E-state index in [2.05, 4.69) is 0 Å². The third-order valence-electron chi connectivity index (χ3n) is 6.65. The first-order valence-electron chi connectivity index (χ1n) is 14.7. The first kappa shape index (κ1) is 35.3. The number of hydrogen-bond acceptors (Lipinski definition) is 9. The number of carbonyl (C=O) groups excluding carboxylic acids is 1. The van der Waals surface area contributed by atoms with Crippen LogP contribution in [0.2, 0.25) is 0 Å². The molecule has 0 amide bonds. The molecule has 0 unspecified atom stereocenters. The van der Waals surface area contributed by atoms with Crippen molar-refractivity contribution in [1.82, 2.24) is 0 Å². The predicted octanol–water partition coefficient (Wildman–Crippen LogP) is 9.68. The Morgan fingerprint density at radius 2 is 1.27 bits per heavy atom. The minimum absolute atomic E-state index is 0.113. The summed E-state index contributed by atoms with van der Waals surface area (Å²) in [6, 6.07) is 26.3. The monoisotopic (exact) mass is 796 g/mol. The van der Waals surface area contributed by atoms with Crippen LogP contribution in [0.5, 0.6) is 28.1 Å². The van der Waals surface area contributed by atoms with Crippen molar-refractivity contribution < 1.29 is 49.5 Å². The average Bonchev–Trinajstić information content (AvgIpc) is 3.44. The number of ether oxygens (including phenoxy) is 6. The average molecular weight is 797 g/mol. The van der Waals surface area contributed by atoms with Crippen LogP contribution in [-0.2, 0) is 17.3 Å². The Kier molecular flexibility index (Phi) is 12.0. The number of benzene rings is 4. The van der Waals surface area contributed by atoms with E-state index in [1.54, 1.807) is 72.8 Å². The Morgan fingerprint density at radius 1 is 0.729 bits per heavy atom. The molecule has 0 aliphatic heterocycles. The summed E-state index contributed by atoms with van der Waals surface area (Å²) in [7, 11) is 1.49. The third-order valence-corrected chi connectivity index (χ3v) is 12.2. The van der Waals surface area contributed by atoms with E-state index in [1.165, 1.54) is 18.4 Å². The maximum atomic E-state index is 13.3. The van der Waals surface area contributed by atoms with Crippen molar-refractivity contribution in [2.24, 2.45) is 0 Å². The van der Waals surface area contributed by atoms with E-state index in [9.17, 15) is 18.0 Å². The molecule has 0 N–H and O–H groups in total. The summed E-state index contributed by atoms with van der Waals surface area (Å²) in [5.41, 5.74) is 1.54. The molecule has 0 fully saturated rings. The van der Waals surface area contributed by atoms with Gasteiger partial charge in [-0.15, -0.1) is 0 Å². The van der Waals surface area contributed by atoms with E-state index >= 15 is 0 Å². The van der Waals surface area contributed by atoms with Crippen molar-refractivity contribution >= 4 is 47.6 Å². The molecule has 13 heteroatoms. The normalized spacial score (nSPS) is 11.7. The van der Waals surface area contributed by atoms with Gasteiger partial charge < -0.3 is 4.74 Å². The Balaban J connectivity index is 1.50. The summed E-state index contributed by atoms with van der Waals surface area (Å²) >= 11 is -1.91. The summed E-state index contributed by atoms with van der Waals surface area (Å²) < 4.78 is 80.3. The van der Waals surface area contributed by atoms with E-state index in [-0.39, 0.29) is 13.6 Å². The summed E-state index contributed by atoms with van der Waals surface area (Å²) in [4.78, 5) is 12.0. The van der Waals surface area contributed by atoms with Gasteiger partial charge in [0.15, 0.2) is 6.79 Å². The van der Waals surface area contributed by atoms with Gasteiger partial charge in [0.25, 0.3) is 0 Å². The molecule has 5 rings (SSSR count). The zero-order chi connectivity index (χ0) is 34.1. The van der Waals surface area contributed by atoms with Crippen LogP contribution in [-0.4, -0.2) is 46.1 Å². The van der Waals surface area contributed by atoms with Gasteiger partial charge in [0.2, 0.25) is 0 Å². The number of hydrogen-bond donors (Lipinski definition) is 0. The van der Waals surface area contributed by atoms with Crippen molar-refractivity contribution in [1.29, 1.82) is 0 Å². The maximum absolute atomic E-state index is 13.3. The summed E-state index contributed by atoms with van der Waals surface area (Å²) in [5, 5.41) is 1.48. The van der Waals surface area contributed by atoms with E-state index in [4.69, 9.17) is 31.5 Å². The van der Waals surface area contributed by atoms with Gasteiger partial charge >= 0.3 is 250 Å². The number of fused-ring (bicyclic) bond motifs is 1. The number of halogens is 4. The Hall–Kier alpha value is -4.05. The van der Waals surface area contributed by atoms with Crippen LogP contribution in [0.15, 0.2) is 91.0 Å². The zero-order valence-corrected chi connectivity index (χ0v) is 29.1. The molecule has 0 saturated carbocycles. The van der Waals surface area contributed by atoms with Crippen molar-refractivity contribution in [2.45, 2.75) is 20.0 Å². The molecule has 0 aliphatic rings. The molecular formula is C35H32F3IO8S. The molecule has 8 nitrogen and oxygen atoms in total. The SMILES string of the molecule is CCOCOc1ccc(Oc2sc3cc(OCOCC)ccc3c2-c2ccc(I(OC(=O)C(F)(F)F)c3ccc(OC)cc3)cc2)cc1. The van der Waals surface area contributed by atoms with E-state index in [0.29, 0.717) is 48.4 Å². The number of thiophene rings is 1. The summed E-state index contributed by atoms with van der Waals surface area (Å²) in [5.74, 6) is 0.137. The van der Waals surface area contributed by atoms with Crippen LogP contribution in [0, 0.1) is 7.14 Å². The molecule has 0 saturated heterocycles. The fourth-order valence-corrected chi connectivity index (χ4v) is 9.36. The molecule has 0 aliphatic carbocycles. The molecule has 0 atom stereocenters. The van der Waals surface area contributed by atoms with Gasteiger partial charge in [0, 0.05) is 13.2 Å². The third kappa shape index (κ3) is 8.89. The quantitative estimate of drug-likeness (QED) is 0.0589. The second-order valence-corrected chi connectivity index (χ2v) is 15.1. The van der Waals surface area contributed by atoms with E-state index < -0.39 is 32.4 Å². The molecule has 5 aromatic rings. The van der Waals surface area contributed by atoms with Gasteiger partial charge in [-0.25, -0.2) is 0 Å².